The van der Waals surface area contributed by atoms with Gasteiger partial charge in [-0.3, -0.25) is 4.90 Å². The van der Waals surface area contributed by atoms with Gasteiger partial charge in [-0.05, 0) is 19.3 Å². The van der Waals surface area contributed by atoms with Gasteiger partial charge in [0.05, 0.1) is 6.10 Å². The lowest BCUT2D eigenvalue weighted by atomic mass is 10.1. The van der Waals surface area contributed by atoms with Crippen molar-refractivity contribution in [2.24, 2.45) is 0 Å². The van der Waals surface area contributed by atoms with E-state index in [0.29, 0.717) is 0 Å². The Hall–Kier alpha value is -0.0800. The topological polar surface area (TPSA) is 23.5 Å². The van der Waals surface area contributed by atoms with Crippen LogP contribution in [-0.4, -0.2) is 29.2 Å². The van der Waals surface area contributed by atoms with E-state index in [1.807, 2.05) is 0 Å². The van der Waals surface area contributed by atoms with Gasteiger partial charge in [0.25, 0.3) is 0 Å². The van der Waals surface area contributed by atoms with Gasteiger partial charge < -0.3 is 5.11 Å². The maximum Gasteiger partial charge on any atom is 0.0564 e. The van der Waals surface area contributed by atoms with Crippen molar-refractivity contribution in [3.8, 4) is 0 Å². The summed E-state index contributed by atoms with van der Waals surface area (Å²) in [6.07, 6.45) is 4.25. The first-order valence-corrected chi connectivity index (χ1v) is 4.58. The van der Waals surface area contributed by atoms with Crippen molar-refractivity contribution in [2.75, 3.05) is 13.1 Å². The van der Waals surface area contributed by atoms with Crippen molar-refractivity contribution in [2.45, 2.75) is 38.7 Å². The Balaban J connectivity index is 2.07. The number of likely N-dealkylation sites (tertiary alicyclic amines) is 1. The van der Waals surface area contributed by atoms with Crippen LogP contribution in [0.3, 0.4) is 0 Å². The van der Waals surface area contributed by atoms with Crippen LogP contribution >= 0.6 is 0 Å². The van der Waals surface area contributed by atoms with Gasteiger partial charge in [-0.25, -0.2) is 0 Å². The van der Waals surface area contributed by atoms with E-state index in [4.69, 9.17) is 0 Å². The molecule has 0 atom stereocenters. The maximum atomic E-state index is 9.21. The molecule has 65 valence electrons. The summed E-state index contributed by atoms with van der Waals surface area (Å²) < 4.78 is 0. The summed E-state index contributed by atoms with van der Waals surface area (Å²) in [4.78, 5) is 2.33. The predicted octanol–water partition coefficient (Wildman–Crippen LogP) is 1.40. The Kier molecular flexibility index (Phi) is 3.87. The zero-order chi connectivity index (χ0) is 8.10. The molecule has 1 N–H and O–H groups in total. The molecule has 1 fully saturated rings. The average Bonchev–Trinajstić information content (AvgIpc) is 2.04. The number of aliphatic hydroxyl groups is 1. The third-order valence-electron chi connectivity index (χ3n) is 2.18. The number of hydrogen-bond donors (Lipinski definition) is 1. The first-order chi connectivity index (χ1) is 5.33. The van der Waals surface area contributed by atoms with E-state index in [2.05, 4.69) is 18.4 Å². The van der Waals surface area contributed by atoms with E-state index in [0.717, 1.165) is 25.9 Å². The highest BCUT2D eigenvalue weighted by Crippen LogP contribution is 2.12. The number of nitrogens with zero attached hydrogens (tertiary/aromatic N) is 1. The molecule has 0 aromatic rings. The zero-order valence-electron chi connectivity index (χ0n) is 7.29. The van der Waals surface area contributed by atoms with E-state index in [9.17, 15) is 5.11 Å². The number of unbranched alkanes of at least 4 members (excludes halogenated alkanes) is 1. The quantitative estimate of drug-likeness (QED) is 0.667. The molecule has 1 heterocycles. The van der Waals surface area contributed by atoms with Crippen LogP contribution in [0.1, 0.15) is 32.6 Å². The van der Waals surface area contributed by atoms with Gasteiger partial charge in [-0.15, -0.1) is 0 Å². The van der Waals surface area contributed by atoms with Gasteiger partial charge in [0, 0.05) is 19.6 Å². The standard InChI is InChI=1S/C9H18NO/c1-2-3-6-10-7-4-9(11)5-8-10/h6,9,11H,2-5,7-8H2,1H3. The van der Waals surface area contributed by atoms with E-state index in [-0.39, 0.29) is 6.10 Å². The molecular weight excluding hydrogens is 138 g/mol. The predicted molar refractivity (Wildman–Crippen MR) is 46.0 cm³/mol. The molecule has 1 radical (unpaired) electrons. The van der Waals surface area contributed by atoms with Crippen molar-refractivity contribution < 1.29 is 5.11 Å². The molecule has 2 heteroatoms. The van der Waals surface area contributed by atoms with Crippen molar-refractivity contribution in [3.63, 3.8) is 0 Å². The lowest BCUT2D eigenvalue weighted by molar-refractivity contribution is 0.0937. The Labute approximate surface area is 69.2 Å². The molecule has 1 saturated heterocycles. The molecule has 0 unspecified atom stereocenters. The number of rotatable bonds is 3. The highest BCUT2D eigenvalue weighted by atomic mass is 16.3. The van der Waals surface area contributed by atoms with Gasteiger partial charge >= 0.3 is 0 Å². The molecule has 0 spiro atoms. The van der Waals surface area contributed by atoms with Crippen LogP contribution in [-0.2, 0) is 0 Å². The number of piperidine rings is 1. The molecule has 1 aliphatic rings. The van der Waals surface area contributed by atoms with Gasteiger partial charge in [0.15, 0.2) is 0 Å². The highest BCUT2D eigenvalue weighted by Gasteiger charge is 2.15. The summed E-state index contributed by atoms with van der Waals surface area (Å²) in [6.45, 7) is 6.55. The van der Waals surface area contributed by atoms with Crippen LogP contribution in [0.2, 0.25) is 0 Å². The molecule has 0 saturated carbocycles. The number of aliphatic hydroxyl groups excluding tert-OH is 1. The Morgan fingerprint density at radius 2 is 2.09 bits per heavy atom. The fourth-order valence-corrected chi connectivity index (χ4v) is 1.38. The van der Waals surface area contributed by atoms with Crippen molar-refractivity contribution in [3.05, 3.63) is 6.54 Å². The fourth-order valence-electron chi connectivity index (χ4n) is 1.38. The van der Waals surface area contributed by atoms with Gasteiger partial charge in [-0.1, -0.05) is 13.3 Å². The lowest BCUT2D eigenvalue weighted by Crippen LogP contribution is -2.33. The first kappa shape index (κ1) is 9.01. The third-order valence-corrected chi connectivity index (χ3v) is 2.18. The van der Waals surface area contributed by atoms with E-state index in [1.54, 1.807) is 0 Å². The maximum absolute atomic E-state index is 9.21. The molecule has 0 bridgehead atoms. The van der Waals surface area contributed by atoms with Crippen LogP contribution in [0.5, 0.6) is 0 Å². The molecule has 1 rings (SSSR count). The molecule has 1 aliphatic heterocycles. The van der Waals surface area contributed by atoms with Crippen LogP contribution in [0.4, 0.5) is 0 Å². The summed E-state index contributed by atoms with van der Waals surface area (Å²) in [5.41, 5.74) is 0. The largest absolute Gasteiger partial charge is 0.393 e. The Morgan fingerprint density at radius 3 is 2.64 bits per heavy atom. The van der Waals surface area contributed by atoms with Crippen LogP contribution < -0.4 is 0 Å². The summed E-state index contributed by atoms with van der Waals surface area (Å²) in [5, 5.41) is 9.21. The third kappa shape index (κ3) is 3.21. The van der Waals surface area contributed by atoms with Crippen molar-refractivity contribution >= 4 is 0 Å². The molecular formula is C9H18NO. The second-order valence-corrected chi connectivity index (χ2v) is 3.24. The fraction of sp³-hybridized carbons (Fsp3) is 0.889. The average molecular weight is 156 g/mol. The smallest absolute Gasteiger partial charge is 0.0564 e. The first-order valence-electron chi connectivity index (χ1n) is 4.58. The van der Waals surface area contributed by atoms with E-state index in [1.165, 1.54) is 12.8 Å². The Morgan fingerprint density at radius 1 is 1.45 bits per heavy atom. The number of hydrogen-bond acceptors (Lipinski definition) is 2. The lowest BCUT2D eigenvalue weighted by Gasteiger charge is -2.28. The molecule has 2 nitrogen and oxygen atoms in total. The van der Waals surface area contributed by atoms with Gasteiger partial charge in [0.2, 0.25) is 0 Å². The second-order valence-electron chi connectivity index (χ2n) is 3.24. The Bertz CT molecular complexity index is 95.0. The monoisotopic (exact) mass is 156 g/mol. The van der Waals surface area contributed by atoms with Crippen LogP contribution in [0, 0.1) is 6.54 Å². The molecule has 0 amide bonds. The summed E-state index contributed by atoms with van der Waals surface area (Å²) >= 11 is 0. The molecule has 0 aromatic heterocycles. The van der Waals surface area contributed by atoms with E-state index >= 15 is 0 Å². The minimum atomic E-state index is -0.0405. The second kappa shape index (κ2) is 4.73. The van der Waals surface area contributed by atoms with Gasteiger partial charge in [-0.2, -0.15) is 0 Å². The summed E-state index contributed by atoms with van der Waals surface area (Å²) in [6, 6.07) is 0. The summed E-state index contributed by atoms with van der Waals surface area (Å²) in [7, 11) is 0. The molecule has 0 aliphatic carbocycles. The SMILES string of the molecule is CCC[CH]N1CCC(O)CC1. The molecule has 0 aromatic carbocycles. The minimum Gasteiger partial charge on any atom is -0.393 e. The zero-order valence-corrected chi connectivity index (χ0v) is 7.29. The van der Waals surface area contributed by atoms with Crippen LogP contribution in [0.25, 0.3) is 0 Å². The minimum absolute atomic E-state index is 0.0405. The van der Waals surface area contributed by atoms with Crippen molar-refractivity contribution in [1.29, 1.82) is 0 Å². The highest BCUT2D eigenvalue weighted by molar-refractivity contribution is 4.76. The summed E-state index contributed by atoms with van der Waals surface area (Å²) in [5.74, 6) is 0. The molecule has 11 heavy (non-hydrogen) atoms. The van der Waals surface area contributed by atoms with Crippen molar-refractivity contribution in [1.82, 2.24) is 4.90 Å². The van der Waals surface area contributed by atoms with E-state index < -0.39 is 0 Å². The van der Waals surface area contributed by atoms with Crippen LogP contribution in [0.15, 0.2) is 0 Å². The van der Waals surface area contributed by atoms with Gasteiger partial charge in [0.1, 0.15) is 0 Å². The normalized spacial score (nSPS) is 22.4.